The molecule has 0 aromatic heterocycles. The standard InChI is InChI=1S/C15H16BrNO2S/c1-10-3-6-15(13(17)7-10)20(18)9-11-8-12(16)4-5-14(11)19-2/h3-8H,9,17H2,1-2H3. The summed E-state index contributed by atoms with van der Waals surface area (Å²) < 4.78 is 18.7. The topological polar surface area (TPSA) is 52.3 Å². The zero-order valence-corrected chi connectivity index (χ0v) is 13.8. The Hall–Kier alpha value is -1.33. The number of hydrogen-bond acceptors (Lipinski definition) is 3. The minimum Gasteiger partial charge on any atom is -0.496 e. The van der Waals surface area contributed by atoms with Gasteiger partial charge in [-0.25, -0.2) is 0 Å². The summed E-state index contributed by atoms with van der Waals surface area (Å²) in [5.41, 5.74) is 8.46. The molecule has 0 saturated heterocycles. The fraction of sp³-hybridized carbons (Fsp3) is 0.200. The molecule has 0 radical (unpaired) electrons. The maximum atomic E-state index is 12.5. The zero-order chi connectivity index (χ0) is 14.7. The van der Waals surface area contributed by atoms with Crippen molar-refractivity contribution in [1.82, 2.24) is 0 Å². The fourth-order valence-electron chi connectivity index (χ4n) is 1.95. The maximum Gasteiger partial charge on any atom is 0.123 e. The molecule has 1 atom stereocenters. The second-order valence-electron chi connectivity index (χ2n) is 4.49. The molecule has 1 unspecified atom stereocenters. The maximum absolute atomic E-state index is 12.5. The lowest BCUT2D eigenvalue weighted by Crippen LogP contribution is -2.02. The van der Waals surface area contributed by atoms with E-state index in [2.05, 4.69) is 15.9 Å². The predicted octanol–water partition coefficient (Wildman–Crippen LogP) is 3.66. The van der Waals surface area contributed by atoms with Gasteiger partial charge in [-0.2, -0.15) is 0 Å². The Bertz CT molecular complexity index is 658. The molecule has 2 rings (SSSR count). The Morgan fingerprint density at radius 3 is 2.65 bits per heavy atom. The van der Waals surface area contributed by atoms with Gasteiger partial charge in [0.25, 0.3) is 0 Å². The van der Waals surface area contributed by atoms with E-state index < -0.39 is 10.8 Å². The van der Waals surface area contributed by atoms with E-state index in [-0.39, 0.29) is 0 Å². The summed E-state index contributed by atoms with van der Waals surface area (Å²) >= 11 is 3.42. The predicted molar refractivity (Wildman–Crippen MR) is 86.4 cm³/mol. The van der Waals surface area contributed by atoms with Crippen molar-refractivity contribution in [1.29, 1.82) is 0 Å². The van der Waals surface area contributed by atoms with Crippen LogP contribution in [0.25, 0.3) is 0 Å². The number of methoxy groups -OCH3 is 1. The highest BCUT2D eigenvalue weighted by Crippen LogP contribution is 2.27. The first kappa shape index (κ1) is 15.1. The first-order chi connectivity index (χ1) is 9.51. The lowest BCUT2D eigenvalue weighted by molar-refractivity contribution is 0.411. The van der Waals surface area contributed by atoms with Crippen LogP contribution in [0.2, 0.25) is 0 Å². The smallest absolute Gasteiger partial charge is 0.123 e. The first-order valence-corrected chi connectivity index (χ1v) is 8.19. The highest BCUT2D eigenvalue weighted by Gasteiger charge is 2.12. The summed E-state index contributed by atoms with van der Waals surface area (Å²) in [6.45, 7) is 1.96. The van der Waals surface area contributed by atoms with Gasteiger partial charge in [-0.1, -0.05) is 22.0 Å². The van der Waals surface area contributed by atoms with E-state index in [1.54, 1.807) is 7.11 Å². The van der Waals surface area contributed by atoms with E-state index in [0.29, 0.717) is 16.3 Å². The van der Waals surface area contributed by atoms with Gasteiger partial charge in [-0.15, -0.1) is 0 Å². The molecule has 0 aliphatic carbocycles. The number of aryl methyl sites for hydroxylation is 1. The van der Waals surface area contributed by atoms with Crippen molar-refractivity contribution >= 4 is 32.4 Å². The summed E-state index contributed by atoms with van der Waals surface area (Å²) in [5.74, 6) is 1.10. The third-order valence-corrected chi connectivity index (χ3v) is 4.87. The van der Waals surface area contributed by atoms with Crippen LogP contribution in [0.4, 0.5) is 5.69 Å². The molecule has 106 valence electrons. The molecule has 0 heterocycles. The molecule has 0 aliphatic heterocycles. The molecular weight excluding hydrogens is 338 g/mol. The molecule has 2 aromatic rings. The molecule has 0 saturated carbocycles. The molecule has 2 N–H and O–H groups in total. The third kappa shape index (κ3) is 3.41. The number of rotatable bonds is 4. The molecule has 0 amide bonds. The van der Waals surface area contributed by atoms with Gasteiger partial charge in [0.1, 0.15) is 5.75 Å². The van der Waals surface area contributed by atoms with Crippen molar-refractivity contribution < 1.29 is 8.95 Å². The largest absolute Gasteiger partial charge is 0.496 e. The Balaban J connectivity index is 2.30. The van der Waals surface area contributed by atoms with Crippen molar-refractivity contribution in [2.75, 3.05) is 12.8 Å². The summed E-state index contributed by atoms with van der Waals surface area (Å²) in [6.07, 6.45) is 0. The van der Waals surface area contributed by atoms with Gasteiger partial charge in [0.15, 0.2) is 0 Å². The van der Waals surface area contributed by atoms with Crippen LogP contribution in [-0.4, -0.2) is 11.3 Å². The number of benzene rings is 2. The second kappa shape index (κ2) is 6.41. The molecule has 0 bridgehead atoms. The highest BCUT2D eigenvalue weighted by atomic mass is 79.9. The van der Waals surface area contributed by atoms with Crippen LogP contribution in [0, 0.1) is 6.92 Å². The lowest BCUT2D eigenvalue weighted by Gasteiger charge is -2.10. The second-order valence-corrected chi connectivity index (χ2v) is 6.82. The Labute approximate surface area is 129 Å². The monoisotopic (exact) mass is 353 g/mol. The van der Waals surface area contributed by atoms with Crippen molar-refractivity contribution in [3.63, 3.8) is 0 Å². The molecule has 0 spiro atoms. The number of nitrogens with two attached hydrogens (primary N) is 1. The van der Waals surface area contributed by atoms with E-state index in [0.717, 1.165) is 21.3 Å². The van der Waals surface area contributed by atoms with Gasteiger partial charge in [0, 0.05) is 15.7 Å². The lowest BCUT2D eigenvalue weighted by atomic mass is 10.2. The number of halogens is 1. The zero-order valence-electron chi connectivity index (χ0n) is 11.4. The van der Waals surface area contributed by atoms with E-state index >= 15 is 0 Å². The van der Waals surface area contributed by atoms with E-state index in [4.69, 9.17) is 10.5 Å². The van der Waals surface area contributed by atoms with Gasteiger partial charge < -0.3 is 10.5 Å². The Kier molecular flexibility index (Phi) is 4.83. The quantitative estimate of drug-likeness (QED) is 0.853. The molecule has 0 aliphatic rings. The molecule has 5 heteroatoms. The molecule has 20 heavy (non-hydrogen) atoms. The number of nitrogen functional groups attached to an aromatic ring is 1. The number of hydrogen-bond donors (Lipinski definition) is 1. The summed E-state index contributed by atoms with van der Waals surface area (Å²) in [6, 6.07) is 11.3. The van der Waals surface area contributed by atoms with Crippen molar-refractivity contribution in [3.05, 3.63) is 52.0 Å². The van der Waals surface area contributed by atoms with Crippen LogP contribution in [-0.2, 0) is 16.6 Å². The third-order valence-electron chi connectivity index (χ3n) is 2.94. The van der Waals surface area contributed by atoms with E-state index in [9.17, 15) is 4.21 Å². The molecule has 0 fully saturated rings. The van der Waals surface area contributed by atoms with Crippen molar-refractivity contribution in [3.8, 4) is 5.75 Å². The Morgan fingerprint density at radius 2 is 2.00 bits per heavy atom. The fourth-order valence-corrected chi connectivity index (χ4v) is 3.57. The van der Waals surface area contributed by atoms with Gasteiger partial charge in [0.05, 0.1) is 28.6 Å². The van der Waals surface area contributed by atoms with Gasteiger partial charge in [-0.05, 0) is 42.8 Å². The van der Waals surface area contributed by atoms with Crippen LogP contribution in [0.5, 0.6) is 5.75 Å². The average Bonchev–Trinajstić information content (AvgIpc) is 2.38. The van der Waals surface area contributed by atoms with E-state index in [1.165, 1.54) is 0 Å². The molecule has 2 aromatic carbocycles. The van der Waals surface area contributed by atoms with Gasteiger partial charge in [0.2, 0.25) is 0 Å². The first-order valence-electron chi connectivity index (χ1n) is 6.08. The average molecular weight is 354 g/mol. The Morgan fingerprint density at radius 1 is 1.25 bits per heavy atom. The summed E-state index contributed by atoms with van der Waals surface area (Å²) in [4.78, 5) is 0.664. The van der Waals surface area contributed by atoms with Crippen molar-refractivity contribution in [2.24, 2.45) is 0 Å². The van der Waals surface area contributed by atoms with Crippen LogP contribution in [0.15, 0.2) is 45.8 Å². The van der Waals surface area contributed by atoms with E-state index in [1.807, 2.05) is 43.3 Å². The summed E-state index contributed by atoms with van der Waals surface area (Å²) in [7, 11) is 0.407. The minimum atomic E-state index is -1.20. The SMILES string of the molecule is COc1ccc(Br)cc1CS(=O)c1ccc(C)cc1N. The van der Waals surface area contributed by atoms with Crippen LogP contribution < -0.4 is 10.5 Å². The van der Waals surface area contributed by atoms with Crippen LogP contribution >= 0.6 is 15.9 Å². The minimum absolute atomic E-state index is 0.371. The van der Waals surface area contributed by atoms with Gasteiger partial charge >= 0.3 is 0 Å². The number of anilines is 1. The van der Waals surface area contributed by atoms with Crippen LogP contribution in [0.1, 0.15) is 11.1 Å². The number of ether oxygens (including phenoxy) is 1. The normalized spacial score (nSPS) is 12.2. The summed E-state index contributed by atoms with van der Waals surface area (Å²) in [5, 5.41) is 0. The highest BCUT2D eigenvalue weighted by molar-refractivity contribution is 9.10. The molecule has 3 nitrogen and oxygen atoms in total. The van der Waals surface area contributed by atoms with Crippen LogP contribution in [0.3, 0.4) is 0 Å². The molecular formula is C15H16BrNO2S. The van der Waals surface area contributed by atoms with Gasteiger partial charge in [-0.3, -0.25) is 4.21 Å². The van der Waals surface area contributed by atoms with Crippen molar-refractivity contribution in [2.45, 2.75) is 17.6 Å².